The summed E-state index contributed by atoms with van der Waals surface area (Å²) in [6, 6.07) is 4.25. The first-order chi connectivity index (χ1) is 7.02. The molecule has 4 heteroatoms. The zero-order chi connectivity index (χ0) is 11.1. The highest BCUT2D eigenvalue weighted by molar-refractivity contribution is 5.99. The molecule has 0 unspecified atom stereocenters. The van der Waals surface area contributed by atoms with E-state index < -0.39 is 5.82 Å². The molecular formula is C11H13FN2O. The third-order valence-electron chi connectivity index (χ3n) is 2.71. The Bertz CT molecular complexity index is 413. The maximum atomic E-state index is 13.1. The normalized spacial score (nSPS) is 17.2. The first kappa shape index (κ1) is 9.96. The Labute approximate surface area is 87.5 Å². The number of hydrogen-bond donors (Lipinski definition) is 2. The molecule has 0 saturated heterocycles. The monoisotopic (exact) mass is 208 g/mol. The zero-order valence-electron chi connectivity index (χ0n) is 8.51. The summed E-state index contributed by atoms with van der Waals surface area (Å²) in [5.74, 6) is -0.851. The van der Waals surface area contributed by atoms with Crippen LogP contribution >= 0.6 is 0 Å². The second-order valence-corrected chi connectivity index (χ2v) is 4.22. The Balaban J connectivity index is 2.21. The van der Waals surface area contributed by atoms with Gasteiger partial charge < -0.3 is 11.1 Å². The van der Waals surface area contributed by atoms with Gasteiger partial charge in [0.15, 0.2) is 0 Å². The van der Waals surface area contributed by atoms with Gasteiger partial charge >= 0.3 is 0 Å². The number of benzene rings is 1. The van der Waals surface area contributed by atoms with Gasteiger partial charge in [-0.2, -0.15) is 0 Å². The van der Waals surface area contributed by atoms with Crippen LogP contribution in [0.4, 0.5) is 10.1 Å². The predicted molar refractivity (Wildman–Crippen MR) is 55.9 cm³/mol. The van der Waals surface area contributed by atoms with E-state index in [2.05, 4.69) is 5.32 Å². The average Bonchev–Trinajstić information content (AvgIpc) is 2.88. The molecule has 1 aliphatic rings. The smallest absolute Gasteiger partial charge is 0.253 e. The van der Waals surface area contributed by atoms with E-state index in [1.165, 1.54) is 18.2 Å². The number of rotatable bonds is 2. The van der Waals surface area contributed by atoms with Crippen molar-refractivity contribution in [3.05, 3.63) is 29.6 Å². The minimum absolute atomic E-state index is 0.0840. The van der Waals surface area contributed by atoms with Crippen LogP contribution in [0, 0.1) is 5.82 Å². The van der Waals surface area contributed by atoms with Gasteiger partial charge in [0, 0.05) is 5.54 Å². The molecule has 1 fully saturated rings. The molecule has 0 spiro atoms. The summed E-state index contributed by atoms with van der Waals surface area (Å²) in [5, 5.41) is 2.83. The van der Waals surface area contributed by atoms with Crippen molar-refractivity contribution < 1.29 is 9.18 Å². The zero-order valence-corrected chi connectivity index (χ0v) is 8.51. The van der Waals surface area contributed by atoms with Crippen LogP contribution in [0.1, 0.15) is 30.1 Å². The van der Waals surface area contributed by atoms with Gasteiger partial charge in [0.2, 0.25) is 0 Å². The van der Waals surface area contributed by atoms with Crippen LogP contribution in [0.5, 0.6) is 0 Å². The average molecular weight is 208 g/mol. The minimum atomic E-state index is -0.552. The minimum Gasteiger partial charge on any atom is -0.396 e. The Kier molecular flexibility index (Phi) is 2.14. The van der Waals surface area contributed by atoms with Gasteiger partial charge in [-0.25, -0.2) is 4.39 Å². The highest BCUT2D eigenvalue weighted by Crippen LogP contribution is 2.34. The summed E-state index contributed by atoms with van der Waals surface area (Å²) in [5.41, 5.74) is 5.50. The maximum Gasteiger partial charge on any atom is 0.253 e. The molecule has 0 heterocycles. The lowest BCUT2D eigenvalue weighted by Gasteiger charge is -2.12. The molecule has 1 aromatic carbocycles. The lowest BCUT2D eigenvalue weighted by atomic mass is 10.1. The van der Waals surface area contributed by atoms with E-state index in [4.69, 9.17) is 5.73 Å². The van der Waals surface area contributed by atoms with Gasteiger partial charge in [-0.3, -0.25) is 4.79 Å². The van der Waals surface area contributed by atoms with Gasteiger partial charge in [0.1, 0.15) is 5.82 Å². The molecule has 0 aliphatic heterocycles. The Morgan fingerprint density at radius 3 is 2.80 bits per heavy atom. The Morgan fingerprint density at radius 2 is 2.20 bits per heavy atom. The van der Waals surface area contributed by atoms with Crippen molar-refractivity contribution in [2.75, 3.05) is 5.73 Å². The number of carbonyl (C=O) groups excluding carboxylic acids is 1. The van der Waals surface area contributed by atoms with Crippen molar-refractivity contribution in [2.45, 2.75) is 25.3 Å². The van der Waals surface area contributed by atoms with E-state index in [0.29, 0.717) is 0 Å². The van der Waals surface area contributed by atoms with Gasteiger partial charge in [-0.15, -0.1) is 0 Å². The van der Waals surface area contributed by atoms with Crippen LogP contribution in [0.2, 0.25) is 0 Å². The third-order valence-corrected chi connectivity index (χ3v) is 2.71. The van der Waals surface area contributed by atoms with E-state index >= 15 is 0 Å². The van der Waals surface area contributed by atoms with Crippen LogP contribution in [-0.4, -0.2) is 11.4 Å². The highest BCUT2D eigenvalue weighted by Gasteiger charge is 2.39. The fourth-order valence-electron chi connectivity index (χ4n) is 1.39. The second kappa shape index (κ2) is 3.22. The van der Waals surface area contributed by atoms with Crippen LogP contribution in [0.25, 0.3) is 0 Å². The van der Waals surface area contributed by atoms with Crippen molar-refractivity contribution in [2.24, 2.45) is 0 Å². The van der Waals surface area contributed by atoms with E-state index in [1.807, 2.05) is 6.92 Å². The van der Waals surface area contributed by atoms with E-state index in [0.717, 1.165) is 12.8 Å². The summed E-state index contributed by atoms with van der Waals surface area (Å²) in [6.07, 6.45) is 1.93. The Morgan fingerprint density at radius 1 is 1.53 bits per heavy atom. The summed E-state index contributed by atoms with van der Waals surface area (Å²) < 4.78 is 13.1. The molecule has 1 saturated carbocycles. The number of para-hydroxylation sites is 1. The number of nitrogen functional groups attached to an aromatic ring is 1. The number of anilines is 1. The van der Waals surface area contributed by atoms with Gasteiger partial charge in [0.05, 0.1) is 11.3 Å². The molecule has 3 nitrogen and oxygen atoms in total. The van der Waals surface area contributed by atoms with Crippen molar-refractivity contribution in [1.82, 2.24) is 5.32 Å². The van der Waals surface area contributed by atoms with E-state index in [1.54, 1.807) is 0 Å². The standard InChI is InChI=1S/C11H13FN2O/c1-11(5-6-11)14-10(15)7-3-2-4-8(12)9(7)13/h2-4H,5-6,13H2,1H3,(H,14,15). The van der Waals surface area contributed by atoms with Crippen LogP contribution in [-0.2, 0) is 0 Å². The first-order valence-electron chi connectivity index (χ1n) is 4.88. The van der Waals surface area contributed by atoms with Crippen molar-refractivity contribution >= 4 is 11.6 Å². The molecule has 1 aromatic rings. The number of nitrogens with one attached hydrogen (secondary N) is 1. The van der Waals surface area contributed by atoms with Crippen LogP contribution in [0.15, 0.2) is 18.2 Å². The summed E-state index contributed by atoms with van der Waals surface area (Å²) in [4.78, 5) is 11.7. The molecular weight excluding hydrogens is 195 g/mol. The van der Waals surface area contributed by atoms with Gasteiger partial charge in [-0.1, -0.05) is 6.07 Å². The van der Waals surface area contributed by atoms with Crippen molar-refractivity contribution in [3.63, 3.8) is 0 Å². The number of hydrogen-bond acceptors (Lipinski definition) is 2. The topological polar surface area (TPSA) is 55.1 Å². The van der Waals surface area contributed by atoms with Crippen LogP contribution in [0.3, 0.4) is 0 Å². The van der Waals surface area contributed by atoms with E-state index in [9.17, 15) is 9.18 Å². The van der Waals surface area contributed by atoms with E-state index in [-0.39, 0.29) is 22.7 Å². The van der Waals surface area contributed by atoms with Gasteiger partial charge in [0.25, 0.3) is 5.91 Å². The Hall–Kier alpha value is -1.58. The van der Waals surface area contributed by atoms with Crippen LogP contribution < -0.4 is 11.1 Å². The largest absolute Gasteiger partial charge is 0.396 e. The molecule has 2 rings (SSSR count). The summed E-state index contributed by atoms with van der Waals surface area (Å²) in [6.45, 7) is 1.96. The molecule has 3 N–H and O–H groups in total. The fraction of sp³-hybridized carbons (Fsp3) is 0.364. The van der Waals surface area contributed by atoms with Crippen molar-refractivity contribution in [3.8, 4) is 0 Å². The fourth-order valence-corrected chi connectivity index (χ4v) is 1.39. The number of halogens is 1. The molecule has 1 aliphatic carbocycles. The summed E-state index contributed by atoms with van der Waals surface area (Å²) in [7, 11) is 0. The molecule has 80 valence electrons. The molecule has 0 atom stereocenters. The maximum absolute atomic E-state index is 13.1. The lowest BCUT2D eigenvalue weighted by Crippen LogP contribution is -2.34. The summed E-state index contributed by atoms with van der Waals surface area (Å²) >= 11 is 0. The molecule has 0 bridgehead atoms. The van der Waals surface area contributed by atoms with Gasteiger partial charge in [-0.05, 0) is 31.9 Å². The number of nitrogens with two attached hydrogens (primary N) is 1. The van der Waals surface area contributed by atoms with Crippen molar-refractivity contribution in [1.29, 1.82) is 0 Å². The third kappa shape index (κ3) is 1.93. The highest BCUT2D eigenvalue weighted by atomic mass is 19.1. The number of carbonyl (C=O) groups is 1. The lowest BCUT2D eigenvalue weighted by molar-refractivity contribution is 0.0936. The molecule has 1 amide bonds. The number of amides is 1. The molecule has 0 radical (unpaired) electrons. The quantitative estimate of drug-likeness (QED) is 0.727. The SMILES string of the molecule is CC1(NC(=O)c2cccc(F)c2N)CC1. The molecule has 15 heavy (non-hydrogen) atoms. The predicted octanol–water partition coefficient (Wildman–Crippen LogP) is 1.69. The second-order valence-electron chi connectivity index (χ2n) is 4.22. The molecule has 0 aromatic heterocycles. The first-order valence-corrected chi connectivity index (χ1v) is 4.88.